The number of amides is 1. The third kappa shape index (κ3) is 5.17. The molecule has 1 aliphatic rings. The summed E-state index contributed by atoms with van der Waals surface area (Å²) < 4.78 is 10.7. The minimum Gasteiger partial charge on any atom is -0.496 e. The number of pyridine rings is 1. The molecule has 7 nitrogen and oxygen atoms in total. The van der Waals surface area contributed by atoms with Crippen LogP contribution in [0.3, 0.4) is 0 Å². The van der Waals surface area contributed by atoms with Crippen molar-refractivity contribution in [1.29, 1.82) is 0 Å². The SMILES string of the molecule is COc1ccc(Cl)cc1CN(C)C(=O)c1cnc(N2CCOC(O)C2)cc1-c1ccccc1C. The number of ether oxygens (including phenoxy) is 2. The molecule has 1 amide bonds. The molecule has 1 fully saturated rings. The van der Waals surface area contributed by atoms with Gasteiger partial charge < -0.3 is 24.4 Å². The molecule has 34 heavy (non-hydrogen) atoms. The number of β-amino-alcohol motifs (C(OH)–C–C–N with tert-alkyl or cyclic N) is 1. The number of halogens is 1. The van der Waals surface area contributed by atoms with Gasteiger partial charge in [-0.1, -0.05) is 35.9 Å². The van der Waals surface area contributed by atoms with Crippen LogP contribution in [0.5, 0.6) is 5.75 Å². The highest BCUT2D eigenvalue weighted by molar-refractivity contribution is 6.30. The van der Waals surface area contributed by atoms with Gasteiger partial charge in [0.25, 0.3) is 5.91 Å². The summed E-state index contributed by atoms with van der Waals surface area (Å²) in [7, 11) is 3.34. The number of aliphatic hydroxyl groups is 1. The molecule has 0 bridgehead atoms. The molecule has 2 aromatic carbocycles. The molecule has 1 atom stereocenters. The van der Waals surface area contributed by atoms with Crippen LogP contribution >= 0.6 is 11.6 Å². The monoisotopic (exact) mass is 481 g/mol. The Morgan fingerprint density at radius 2 is 2.06 bits per heavy atom. The number of aliphatic hydroxyl groups excluding tert-OH is 1. The second kappa shape index (κ2) is 10.4. The van der Waals surface area contributed by atoms with Gasteiger partial charge in [0, 0.05) is 36.9 Å². The van der Waals surface area contributed by atoms with Crippen LogP contribution in [-0.4, -0.2) is 61.0 Å². The molecule has 1 N–H and O–H groups in total. The van der Waals surface area contributed by atoms with E-state index in [9.17, 15) is 9.90 Å². The first-order valence-electron chi connectivity index (χ1n) is 11.1. The van der Waals surface area contributed by atoms with E-state index in [2.05, 4.69) is 4.98 Å². The number of rotatable bonds is 6. The highest BCUT2D eigenvalue weighted by Gasteiger charge is 2.24. The van der Waals surface area contributed by atoms with Crippen molar-refractivity contribution >= 4 is 23.3 Å². The number of aromatic nitrogens is 1. The molecular weight excluding hydrogens is 454 g/mol. The third-order valence-corrected chi connectivity index (χ3v) is 6.16. The zero-order valence-electron chi connectivity index (χ0n) is 19.5. The van der Waals surface area contributed by atoms with E-state index in [0.717, 1.165) is 22.3 Å². The first-order valence-corrected chi connectivity index (χ1v) is 11.4. The summed E-state index contributed by atoms with van der Waals surface area (Å²) in [6.45, 7) is 3.68. The Balaban J connectivity index is 1.71. The highest BCUT2D eigenvalue weighted by Crippen LogP contribution is 2.31. The predicted molar refractivity (Wildman–Crippen MR) is 132 cm³/mol. The van der Waals surface area contributed by atoms with Crippen molar-refractivity contribution in [2.24, 2.45) is 0 Å². The van der Waals surface area contributed by atoms with Crippen molar-refractivity contribution < 1.29 is 19.4 Å². The van der Waals surface area contributed by atoms with Crippen LogP contribution in [0.1, 0.15) is 21.5 Å². The summed E-state index contributed by atoms with van der Waals surface area (Å²) in [6.07, 6.45) is 0.755. The Bertz CT molecular complexity index is 1190. The molecule has 4 rings (SSSR count). The first-order chi connectivity index (χ1) is 16.4. The number of carbonyl (C=O) groups excluding carboxylic acids is 1. The van der Waals surface area contributed by atoms with Crippen molar-refractivity contribution in [3.05, 3.63) is 76.4 Å². The maximum atomic E-state index is 13.6. The molecule has 178 valence electrons. The third-order valence-electron chi connectivity index (χ3n) is 5.92. The number of aryl methyl sites for hydroxylation is 1. The number of anilines is 1. The van der Waals surface area contributed by atoms with Gasteiger partial charge in [0.05, 0.1) is 25.8 Å². The standard InChI is InChI=1S/C26H28ClN3O4/c1-17-6-4-5-7-20(17)21-13-24(30-10-11-34-25(31)16-30)28-14-22(21)26(32)29(2)15-18-12-19(27)8-9-23(18)33-3/h4-9,12-14,25,31H,10-11,15-16H2,1-3H3. The number of carbonyl (C=O) groups is 1. The van der Waals surface area contributed by atoms with E-state index in [1.807, 2.05) is 42.2 Å². The Morgan fingerprint density at radius 3 is 2.79 bits per heavy atom. The molecule has 0 saturated carbocycles. The van der Waals surface area contributed by atoms with Gasteiger partial charge in [-0.15, -0.1) is 0 Å². The number of methoxy groups -OCH3 is 1. The van der Waals surface area contributed by atoms with Gasteiger partial charge in [0.1, 0.15) is 11.6 Å². The van der Waals surface area contributed by atoms with Crippen LogP contribution in [0.2, 0.25) is 5.02 Å². The molecule has 1 aliphatic heterocycles. The molecule has 1 unspecified atom stereocenters. The Hall–Kier alpha value is -3.13. The molecule has 0 radical (unpaired) electrons. The van der Waals surface area contributed by atoms with Crippen molar-refractivity contribution in [2.75, 3.05) is 38.8 Å². The summed E-state index contributed by atoms with van der Waals surface area (Å²) in [4.78, 5) is 21.8. The quantitative estimate of drug-likeness (QED) is 0.570. The van der Waals surface area contributed by atoms with Crippen molar-refractivity contribution in [3.63, 3.8) is 0 Å². The normalized spacial score (nSPS) is 15.8. The molecule has 0 spiro atoms. The van der Waals surface area contributed by atoms with Gasteiger partial charge in [-0.05, 0) is 47.9 Å². The minimum absolute atomic E-state index is 0.165. The van der Waals surface area contributed by atoms with Gasteiger partial charge in [-0.25, -0.2) is 4.98 Å². The van der Waals surface area contributed by atoms with Crippen molar-refractivity contribution in [3.8, 4) is 16.9 Å². The molecule has 3 aromatic rings. The number of benzene rings is 2. The van der Waals surface area contributed by atoms with Crippen LogP contribution in [0.4, 0.5) is 5.82 Å². The van der Waals surface area contributed by atoms with E-state index in [1.165, 1.54) is 0 Å². The number of nitrogens with zero attached hydrogens (tertiary/aromatic N) is 3. The van der Waals surface area contributed by atoms with Gasteiger partial charge in [-0.3, -0.25) is 4.79 Å². The topological polar surface area (TPSA) is 75.1 Å². The van der Waals surface area contributed by atoms with Crippen LogP contribution in [-0.2, 0) is 11.3 Å². The lowest BCUT2D eigenvalue weighted by atomic mass is 9.96. The fraction of sp³-hybridized carbons (Fsp3) is 0.308. The van der Waals surface area contributed by atoms with E-state index >= 15 is 0 Å². The van der Waals surface area contributed by atoms with Crippen LogP contribution in [0.15, 0.2) is 54.7 Å². The maximum Gasteiger partial charge on any atom is 0.256 e. The molecule has 0 aliphatic carbocycles. The summed E-state index contributed by atoms with van der Waals surface area (Å²) in [5.74, 6) is 1.19. The fourth-order valence-corrected chi connectivity index (χ4v) is 4.32. The molecule has 1 saturated heterocycles. The fourth-order valence-electron chi connectivity index (χ4n) is 4.13. The molecule has 8 heteroatoms. The van der Waals surface area contributed by atoms with E-state index in [0.29, 0.717) is 48.4 Å². The Labute approximate surface area is 204 Å². The van der Waals surface area contributed by atoms with Crippen LogP contribution in [0.25, 0.3) is 11.1 Å². The summed E-state index contributed by atoms with van der Waals surface area (Å²) in [5, 5.41) is 10.5. The summed E-state index contributed by atoms with van der Waals surface area (Å²) in [6, 6.07) is 15.2. The van der Waals surface area contributed by atoms with Gasteiger partial charge in [0.2, 0.25) is 0 Å². The largest absolute Gasteiger partial charge is 0.496 e. The van der Waals surface area contributed by atoms with Crippen LogP contribution in [0, 0.1) is 6.92 Å². The second-order valence-electron chi connectivity index (χ2n) is 8.29. The van der Waals surface area contributed by atoms with Gasteiger partial charge in [-0.2, -0.15) is 0 Å². The summed E-state index contributed by atoms with van der Waals surface area (Å²) >= 11 is 6.18. The zero-order valence-corrected chi connectivity index (χ0v) is 20.2. The Kier molecular flexibility index (Phi) is 7.36. The lowest BCUT2D eigenvalue weighted by Gasteiger charge is -2.31. The van der Waals surface area contributed by atoms with Crippen molar-refractivity contribution in [2.45, 2.75) is 19.8 Å². The van der Waals surface area contributed by atoms with E-state index in [-0.39, 0.29) is 5.91 Å². The number of hydrogen-bond acceptors (Lipinski definition) is 6. The van der Waals surface area contributed by atoms with Gasteiger partial charge in [0.15, 0.2) is 6.29 Å². The Morgan fingerprint density at radius 1 is 1.26 bits per heavy atom. The van der Waals surface area contributed by atoms with Crippen molar-refractivity contribution in [1.82, 2.24) is 9.88 Å². The molecule has 2 heterocycles. The number of hydrogen-bond donors (Lipinski definition) is 1. The predicted octanol–water partition coefficient (Wildman–Crippen LogP) is 4.15. The average molecular weight is 482 g/mol. The zero-order chi connectivity index (χ0) is 24.2. The maximum absolute atomic E-state index is 13.6. The average Bonchev–Trinajstić information content (AvgIpc) is 2.84. The molecular formula is C26H28ClN3O4. The lowest BCUT2D eigenvalue weighted by molar-refractivity contribution is -0.104. The van der Waals surface area contributed by atoms with Gasteiger partial charge >= 0.3 is 0 Å². The lowest BCUT2D eigenvalue weighted by Crippen LogP contribution is -2.42. The van der Waals surface area contributed by atoms with E-state index < -0.39 is 6.29 Å². The minimum atomic E-state index is -0.863. The van der Waals surface area contributed by atoms with E-state index in [1.54, 1.807) is 43.5 Å². The first kappa shape index (κ1) is 24.0. The molecule has 1 aromatic heterocycles. The smallest absolute Gasteiger partial charge is 0.256 e. The second-order valence-corrected chi connectivity index (χ2v) is 8.73. The summed E-state index contributed by atoms with van der Waals surface area (Å²) in [5.41, 5.74) is 4.11. The van der Waals surface area contributed by atoms with E-state index in [4.69, 9.17) is 21.1 Å². The highest BCUT2D eigenvalue weighted by atomic mass is 35.5. The number of morpholine rings is 1. The van der Waals surface area contributed by atoms with Crippen LogP contribution < -0.4 is 9.64 Å².